The van der Waals surface area contributed by atoms with Crippen LogP contribution in [0.5, 0.6) is 11.5 Å². The van der Waals surface area contributed by atoms with E-state index in [9.17, 15) is 14.4 Å². The molecule has 1 heterocycles. The molecule has 2 aromatic carbocycles. The fourth-order valence-corrected chi connectivity index (χ4v) is 3.57. The zero-order valence-electron chi connectivity index (χ0n) is 17.3. The van der Waals surface area contributed by atoms with Crippen molar-refractivity contribution >= 4 is 46.7 Å². The van der Waals surface area contributed by atoms with Crippen molar-refractivity contribution in [1.82, 2.24) is 0 Å². The van der Waals surface area contributed by atoms with Gasteiger partial charge in [-0.3, -0.25) is 9.59 Å². The lowest BCUT2D eigenvalue weighted by molar-refractivity contribution is -0.129. The second-order valence-corrected chi connectivity index (χ2v) is 9.19. The Morgan fingerprint density at radius 1 is 1.13 bits per heavy atom. The minimum absolute atomic E-state index is 0.0377. The molecule has 1 amide bonds. The first-order valence-electron chi connectivity index (χ1n) is 9.46. The number of thioether (sulfide) groups is 1. The monoisotopic (exact) mass is 463 g/mol. The molecule has 0 atom stereocenters. The third-order valence-corrected chi connectivity index (χ3v) is 5.76. The molecule has 31 heavy (non-hydrogen) atoms. The van der Waals surface area contributed by atoms with Crippen LogP contribution in [-0.2, 0) is 14.3 Å². The average Bonchev–Trinajstić information content (AvgIpc) is 3.17. The Labute approximate surface area is 189 Å². The molecule has 1 aliphatic heterocycles. The number of amides is 1. The average molecular weight is 464 g/mol. The lowest BCUT2D eigenvalue weighted by Crippen LogP contribution is -2.26. The second-order valence-electron chi connectivity index (χ2n) is 7.77. The summed E-state index contributed by atoms with van der Waals surface area (Å²) in [6.07, 6.45) is 0. The number of esters is 1. The predicted molar refractivity (Wildman–Crippen MR) is 118 cm³/mol. The molecule has 0 spiro atoms. The Kier molecular flexibility index (Phi) is 7.12. The zero-order valence-corrected chi connectivity index (χ0v) is 18.9. The van der Waals surface area contributed by atoms with Gasteiger partial charge in [0.25, 0.3) is 0 Å². The second kappa shape index (κ2) is 9.62. The largest absolute Gasteiger partial charge is 0.454 e. The molecule has 164 valence electrons. The lowest BCUT2D eigenvalue weighted by Gasteiger charge is -2.16. The molecule has 0 aliphatic carbocycles. The van der Waals surface area contributed by atoms with Gasteiger partial charge in [0.15, 0.2) is 23.9 Å². The van der Waals surface area contributed by atoms with Gasteiger partial charge >= 0.3 is 5.97 Å². The number of fused-ring (bicyclic) bond motifs is 1. The number of halogens is 1. The number of nitrogens with one attached hydrogen (secondary N) is 1. The molecule has 0 bridgehead atoms. The van der Waals surface area contributed by atoms with Crippen LogP contribution in [0.4, 0.5) is 5.69 Å². The van der Waals surface area contributed by atoms with Gasteiger partial charge in [0.05, 0.1) is 22.0 Å². The van der Waals surface area contributed by atoms with Crippen LogP contribution >= 0.6 is 23.4 Å². The first-order chi connectivity index (χ1) is 14.6. The fourth-order valence-electron chi connectivity index (χ4n) is 2.53. The Bertz CT molecular complexity index is 1020. The summed E-state index contributed by atoms with van der Waals surface area (Å²) in [6, 6.07) is 9.94. The number of carbonyl (C=O) groups is 3. The number of hydrogen-bond donors (Lipinski definition) is 1. The van der Waals surface area contributed by atoms with Gasteiger partial charge in [-0.2, -0.15) is 0 Å². The predicted octanol–water partition coefficient (Wildman–Crippen LogP) is 4.57. The van der Waals surface area contributed by atoms with E-state index in [2.05, 4.69) is 5.32 Å². The number of carbonyl (C=O) groups excluding carboxylic acids is 3. The van der Waals surface area contributed by atoms with Gasteiger partial charge in [0, 0.05) is 22.4 Å². The van der Waals surface area contributed by atoms with Gasteiger partial charge in [-0.05, 0) is 12.1 Å². The number of hydrogen-bond acceptors (Lipinski definition) is 7. The van der Waals surface area contributed by atoms with Gasteiger partial charge in [-0.1, -0.05) is 44.5 Å². The van der Waals surface area contributed by atoms with E-state index in [0.29, 0.717) is 32.7 Å². The molecule has 3 rings (SSSR count). The summed E-state index contributed by atoms with van der Waals surface area (Å²) in [4.78, 5) is 37.5. The van der Waals surface area contributed by atoms with Crippen LogP contribution in [0.3, 0.4) is 0 Å². The molecule has 0 aromatic heterocycles. The van der Waals surface area contributed by atoms with Crippen LogP contribution < -0.4 is 14.8 Å². The Balaban J connectivity index is 1.60. The van der Waals surface area contributed by atoms with Crippen molar-refractivity contribution in [3.63, 3.8) is 0 Å². The summed E-state index contributed by atoms with van der Waals surface area (Å²) in [6.45, 7) is 5.09. The fraction of sp³-hybridized carbons (Fsp3) is 0.318. The van der Waals surface area contributed by atoms with Crippen LogP contribution in [0.1, 0.15) is 31.1 Å². The molecule has 1 aliphatic rings. The maximum atomic E-state index is 12.5. The van der Waals surface area contributed by atoms with Gasteiger partial charge in [0.1, 0.15) is 0 Å². The summed E-state index contributed by atoms with van der Waals surface area (Å²) in [5, 5.41) is 3.06. The van der Waals surface area contributed by atoms with Crippen molar-refractivity contribution in [1.29, 1.82) is 0 Å². The number of ketones is 1. The Morgan fingerprint density at radius 2 is 1.81 bits per heavy atom. The highest BCUT2D eigenvalue weighted by Gasteiger charge is 2.24. The van der Waals surface area contributed by atoms with Gasteiger partial charge < -0.3 is 19.5 Å². The third kappa shape index (κ3) is 5.92. The van der Waals surface area contributed by atoms with E-state index < -0.39 is 11.4 Å². The van der Waals surface area contributed by atoms with Crippen molar-refractivity contribution < 1.29 is 28.6 Å². The summed E-state index contributed by atoms with van der Waals surface area (Å²) >= 11 is 7.36. The first kappa shape index (κ1) is 23.0. The molecular formula is C22H22ClNO6S. The molecule has 0 fully saturated rings. The lowest BCUT2D eigenvalue weighted by atomic mass is 9.91. The molecule has 7 nitrogen and oxygen atoms in total. The summed E-state index contributed by atoms with van der Waals surface area (Å²) < 4.78 is 15.7. The maximum absolute atomic E-state index is 12.5. The van der Waals surface area contributed by atoms with Gasteiger partial charge in [-0.25, -0.2) is 4.79 Å². The smallest absolute Gasteiger partial charge is 0.339 e. The molecular weight excluding hydrogens is 442 g/mol. The standard InChI is InChI=1S/C22H22ClNO6S/c1-22(2,3)19(25)10-28-21(27)13-6-4-5-7-18(13)31-11-20(26)24-15-9-17-16(8-14(15)23)29-12-30-17/h4-9H,10-12H2,1-3H3,(H,24,26). The number of Topliss-reactive ketones (excluding diaryl/α,β-unsaturated/α-hetero) is 1. The van der Waals surface area contributed by atoms with Gasteiger partial charge in [0.2, 0.25) is 12.7 Å². The molecule has 1 N–H and O–H groups in total. The van der Waals surface area contributed by atoms with Crippen molar-refractivity contribution in [2.75, 3.05) is 24.5 Å². The highest BCUT2D eigenvalue weighted by Crippen LogP contribution is 2.39. The molecule has 2 aromatic rings. The SMILES string of the molecule is CC(C)(C)C(=O)COC(=O)c1ccccc1SCC(=O)Nc1cc2c(cc1Cl)OCO2. The molecule has 0 unspecified atom stereocenters. The van der Waals surface area contributed by atoms with Crippen molar-refractivity contribution in [3.8, 4) is 11.5 Å². The Morgan fingerprint density at radius 3 is 2.52 bits per heavy atom. The number of rotatable bonds is 7. The third-order valence-electron chi connectivity index (χ3n) is 4.37. The normalized spacial score (nSPS) is 12.4. The van der Waals surface area contributed by atoms with Crippen molar-refractivity contribution in [2.45, 2.75) is 25.7 Å². The summed E-state index contributed by atoms with van der Waals surface area (Å²) in [7, 11) is 0. The van der Waals surface area contributed by atoms with Crippen molar-refractivity contribution in [2.24, 2.45) is 5.41 Å². The van der Waals surface area contributed by atoms with E-state index in [-0.39, 0.29) is 30.8 Å². The number of ether oxygens (including phenoxy) is 3. The minimum atomic E-state index is -0.611. The maximum Gasteiger partial charge on any atom is 0.339 e. The minimum Gasteiger partial charge on any atom is -0.454 e. The van der Waals surface area contributed by atoms with E-state index in [1.54, 1.807) is 57.2 Å². The van der Waals surface area contributed by atoms with Crippen LogP contribution in [0.15, 0.2) is 41.3 Å². The first-order valence-corrected chi connectivity index (χ1v) is 10.8. The van der Waals surface area contributed by atoms with Crippen LogP contribution in [0.2, 0.25) is 5.02 Å². The Hall–Kier alpha value is -2.71. The number of benzene rings is 2. The van der Waals surface area contributed by atoms with E-state index >= 15 is 0 Å². The highest BCUT2D eigenvalue weighted by molar-refractivity contribution is 8.00. The highest BCUT2D eigenvalue weighted by atomic mass is 35.5. The molecule has 0 saturated carbocycles. The van der Waals surface area contributed by atoms with Crippen LogP contribution in [-0.4, -0.2) is 36.8 Å². The number of anilines is 1. The summed E-state index contributed by atoms with van der Waals surface area (Å²) in [5.74, 6) is -0.0292. The van der Waals surface area contributed by atoms with E-state index in [4.69, 9.17) is 25.8 Å². The van der Waals surface area contributed by atoms with Crippen LogP contribution in [0.25, 0.3) is 0 Å². The molecule has 0 saturated heterocycles. The summed E-state index contributed by atoms with van der Waals surface area (Å²) in [5.41, 5.74) is 0.107. The van der Waals surface area contributed by atoms with Crippen molar-refractivity contribution in [3.05, 3.63) is 47.0 Å². The van der Waals surface area contributed by atoms with Crippen LogP contribution in [0, 0.1) is 5.41 Å². The van der Waals surface area contributed by atoms with E-state index in [0.717, 1.165) is 0 Å². The molecule has 9 heteroatoms. The van der Waals surface area contributed by atoms with E-state index in [1.165, 1.54) is 11.8 Å². The quantitative estimate of drug-likeness (QED) is 0.475. The topological polar surface area (TPSA) is 90.9 Å². The van der Waals surface area contributed by atoms with E-state index in [1.807, 2.05) is 0 Å². The van der Waals surface area contributed by atoms with Gasteiger partial charge in [-0.15, -0.1) is 11.8 Å². The zero-order chi connectivity index (χ0) is 22.6. The molecule has 0 radical (unpaired) electrons.